The first-order valence-corrected chi connectivity index (χ1v) is 7.32. The van der Waals surface area contributed by atoms with Crippen molar-refractivity contribution < 1.29 is 9.53 Å². The Kier molecular flexibility index (Phi) is 5.22. The zero-order valence-electron chi connectivity index (χ0n) is 11.9. The second-order valence-corrected chi connectivity index (χ2v) is 5.42. The Labute approximate surface area is 132 Å². The number of rotatable bonds is 5. The molecule has 0 atom stereocenters. The minimum absolute atomic E-state index is 0.109. The van der Waals surface area contributed by atoms with Gasteiger partial charge in [-0.15, -0.1) is 0 Å². The van der Waals surface area contributed by atoms with Crippen molar-refractivity contribution in [2.45, 2.75) is 6.92 Å². The van der Waals surface area contributed by atoms with Crippen LogP contribution in [-0.4, -0.2) is 19.6 Å². The maximum atomic E-state index is 12.0. The number of benzene rings is 2. The summed E-state index contributed by atoms with van der Waals surface area (Å²) in [7, 11) is 1.60. The van der Waals surface area contributed by atoms with Gasteiger partial charge in [0, 0.05) is 10.2 Å². The Morgan fingerprint density at radius 3 is 2.71 bits per heavy atom. The Bertz CT molecular complexity index is 644. The summed E-state index contributed by atoms with van der Waals surface area (Å²) < 4.78 is 6.25. The molecule has 0 radical (unpaired) electrons. The van der Waals surface area contributed by atoms with E-state index in [9.17, 15) is 4.79 Å². The van der Waals surface area contributed by atoms with Gasteiger partial charge in [-0.2, -0.15) is 0 Å². The van der Waals surface area contributed by atoms with E-state index in [0.717, 1.165) is 21.4 Å². The van der Waals surface area contributed by atoms with Crippen LogP contribution in [0.1, 0.15) is 5.56 Å². The Morgan fingerprint density at radius 2 is 2.00 bits per heavy atom. The molecule has 5 heteroatoms. The number of hydrogen-bond donors (Lipinski definition) is 2. The van der Waals surface area contributed by atoms with Gasteiger partial charge in [0.1, 0.15) is 5.75 Å². The SMILES string of the molecule is COc1ccccc1NCC(=O)Nc1ccc(Br)c(C)c1. The highest BCUT2D eigenvalue weighted by Gasteiger charge is 2.06. The van der Waals surface area contributed by atoms with Gasteiger partial charge in [-0.3, -0.25) is 4.79 Å². The highest BCUT2D eigenvalue weighted by molar-refractivity contribution is 9.10. The molecule has 0 unspecified atom stereocenters. The molecule has 2 aromatic rings. The fourth-order valence-corrected chi connectivity index (χ4v) is 2.14. The molecule has 21 heavy (non-hydrogen) atoms. The maximum absolute atomic E-state index is 12.0. The summed E-state index contributed by atoms with van der Waals surface area (Å²) in [4.78, 5) is 12.0. The largest absolute Gasteiger partial charge is 0.495 e. The lowest BCUT2D eigenvalue weighted by Gasteiger charge is -2.11. The van der Waals surface area contributed by atoms with Crippen molar-refractivity contribution in [3.05, 3.63) is 52.5 Å². The molecule has 110 valence electrons. The van der Waals surface area contributed by atoms with Gasteiger partial charge >= 0.3 is 0 Å². The number of carbonyl (C=O) groups excluding carboxylic acids is 1. The molecule has 0 aromatic heterocycles. The molecule has 0 heterocycles. The van der Waals surface area contributed by atoms with Crippen molar-refractivity contribution in [3.8, 4) is 5.75 Å². The summed E-state index contributed by atoms with van der Waals surface area (Å²) in [6.45, 7) is 2.16. The summed E-state index contributed by atoms with van der Waals surface area (Å²) in [5.41, 5.74) is 2.65. The predicted octanol–water partition coefficient (Wildman–Crippen LogP) is 3.82. The molecule has 0 aliphatic heterocycles. The van der Waals surface area contributed by atoms with Crippen LogP contribution < -0.4 is 15.4 Å². The van der Waals surface area contributed by atoms with Gasteiger partial charge in [-0.05, 0) is 42.8 Å². The van der Waals surface area contributed by atoms with Gasteiger partial charge in [0.15, 0.2) is 0 Å². The average molecular weight is 349 g/mol. The molecule has 0 saturated heterocycles. The number of methoxy groups -OCH3 is 1. The van der Waals surface area contributed by atoms with Crippen LogP contribution in [0.3, 0.4) is 0 Å². The smallest absolute Gasteiger partial charge is 0.243 e. The van der Waals surface area contributed by atoms with Crippen LogP contribution in [0, 0.1) is 6.92 Å². The number of halogens is 1. The molecule has 0 fully saturated rings. The molecule has 1 amide bonds. The van der Waals surface area contributed by atoms with Crippen molar-refractivity contribution in [3.63, 3.8) is 0 Å². The van der Waals surface area contributed by atoms with Crippen LogP contribution in [0.2, 0.25) is 0 Å². The first-order chi connectivity index (χ1) is 10.1. The van der Waals surface area contributed by atoms with Gasteiger partial charge in [0.2, 0.25) is 5.91 Å². The van der Waals surface area contributed by atoms with E-state index in [-0.39, 0.29) is 12.5 Å². The number of amides is 1. The van der Waals surface area contributed by atoms with Crippen LogP contribution in [0.25, 0.3) is 0 Å². The number of ether oxygens (including phenoxy) is 1. The zero-order chi connectivity index (χ0) is 15.2. The summed E-state index contributed by atoms with van der Waals surface area (Å²) in [5.74, 6) is 0.604. The lowest BCUT2D eigenvalue weighted by atomic mass is 10.2. The van der Waals surface area contributed by atoms with Gasteiger partial charge in [-0.1, -0.05) is 28.1 Å². The summed E-state index contributed by atoms with van der Waals surface area (Å²) in [6.07, 6.45) is 0. The van der Waals surface area contributed by atoms with Crippen LogP contribution in [0.5, 0.6) is 5.75 Å². The van der Waals surface area contributed by atoms with E-state index >= 15 is 0 Å². The summed E-state index contributed by atoms with van der Waals surface area (Å²) >= 11 is 3.43. The van der Waals surface area contributed by atoms with E-state index in [4.69, 9.17) is 4.74 Å². The summed E-state index contributed by atoms with van der Waals surface area (Å²) in [5, 5.41) is 5.92. The maximum Gasteiger partial charge on any atom is 0.243 e. The van der Waals surface area contributed by atoms with Crippen molar-refractivity contribution in [1.29, 1.82) is 0 Å². The molecule has 0 spiro atoms. The molecule has 0 aliphatic rings. The molecule has 4 nitrogen and oxygen atoms in total. The number of anilines is 2. The second-order valence-electron chi connectivity index (χ2n) is 4.57. The van der Waals surface area contributed by atoms with Crippen LogP contribution in [0.15, 0.2) is 46.9 Å². The van der Waals surface area contributed by atoms with E-state index in [0.29, 0.717) is 5.75 Å². The van der Waals surface area contributed by atoms with E-state index in [1.807, 2.05) is 49.4 Å². The van der Waals surface area contributed by atoms with E-state index < -0.39 is 0 Å². The van der Waals surface area contributed by atoms with Crippen molar-refractivity contribution in [2.75, 3.05) is 24.3 Å². The van der Waals surface area contributed by atoms with E-state index in [2.05, 4.69) is 26.6 Å². The standard InChI is InChI=1S/C16H17BrN2O2/c1-11-9-12(7-8-13(11)17)19-16(20)10-18-14-5-3-4-6-15(14)21-2/h3-9,18H,10H2,1-2H3,(H,19,20). The quantitative estimate of drug-likeness (QED) is 0.863. The van der Waals surface area contributed by atoms with Crippen LogP contribution in [-0.2, 0) is 4.79 Å². The Hall–Kier alpha value is -2.01. The first kappa shape index (κ1) is 15.4. The molecule has 0 bridgehead atoms. The average Bonchev–Trinajstić information content (AvgIpc) is 2.49. The van der Waals surface area contributed by atoms with Crippen LogP contribution in [0.4, 0.5) is 11.4 Å². The number of aryl methyl sites for hydroxylation is 1. The number of hydrogen-bond acceptors (Lipinski definition) is 3. The number of carbonyl (C=O) groups is 1. The first-order valence-electron chi connectivity index (χ1n) is 6.53. The summed E-state index contributed by atoms with van der Waals surface area (Å²) in [6, 6.07) is 13.2. The molecule has 0 saturated carbocycles. The molecule has 2 N–H and O–H groups in total. The fourth-order valence-electron chi connectivity index (χ4n) is 1.89. The topological polar surface area (TPSA) is 50.4 Å². The van der Waals surface area contributed by atoms with Gasteiger partial charge in [-0.25, -0.2) is 0 Å². The van der Waals surface area contributed by atoms with Gasteiger partial charge < -0.3 is 15.4 Å². The zero-order valence-corrected chi connectivity index (χ0v) is 13.5. The predicted molar refractivity (Wildman–Crippen MR) is 89.0 cm³/mol. The normalized spacial score (nSPS) is 10.0. The number of para-hydroxylation sites is 2. The van der Waals surface area contributed by atoms with Gasteiger partial charge in [0.25, 0.3) is 0 Å². The highest BCUT2D eigenvalue weighted by Crippen LogP contribution is 2.23. The van der Waals surface area contributed by atoms with Crippen molar-refractivity contribution in [2.24, 2.45) is 0 Å². The van der Waals surface area contributed by atoms with E-state index in [1.165, 1.54) is 0 Å². The molecule has 0 aliphatic carbocycles. The Morgan fingerprint density at radius 1 is 1.24 bits per heavy atom. The molecule has 2 aromatic carbocycles. The van der Waals surface area contributed by atoms with Gasteiger partial charge in [0.05, 0.1) is 19.3 Å². The highest BCUT2D eigenvalue weighted by atomic mass is 79.9. The van der Waals surface area contributed by atoms with Crippen molar-refractivity contribution >= 4 is 33.2 Å². The third-order valence-electron chi connectivity index (χ3n) is 2.99. The molecule has 2 rings (SSSR count). The third kappa shape index (κ3) is 4.23. The van der Waals surface area contributed by atoms with Crippen molar-refractivity contribution in [1.82, 2.24) is 0 Å². The molecular formula is C16H17BrN2O2. The Balaban J connectivity index is 1.94. The minimum Gasteiger partial charge on any atom is -0.495 e. The van der Waals surface area contributed by atoms with Crippen LogP contribution >= 0.6 is 15.9 Å². The number of nitrogens with one attached hydrogen (secondary N) is 2. The lowest BCUT2D eigenvalue weighted by molar-refractivity contribution is -0.114. The van der Waals surface area contributed by atoms with E-state index in [1.54, 1.807) is 7.11 Å². The monoisotopic (exact) mass is 348 g/mol. The minimum atomic E-state index is -0.109. The lowest BCUT2D eigenvalue weighted by Crippen LogP contribution is -2.22. The second kappa shape index (κ2) is 7.13. The fraction of sp³-hybridized carbons (Fsp3) is 0.188. The third-order valence-corrected chi connectivity index (χ3v) is 3.88. The molecular weight excluding hydrogens is 332 g/mol.